The minimum Gasteiger partial charge on any atom is -0.489 e. The first kappa shape index (κ1) is 18.7. The van der Waals surface area contributed by atoms with Gasteiger partial charge >= 0.3 is 0 Å². The number of nitrogens with one attached hydrogen (secondary N) is 1. The highest BCUT2D eigenvalue weighted by Crippen LogP contribution is 2.27. The molecule has 0 saturated carbocycles. The van der Waals surface area contributed by atoms with Crippen molar-refractivity contribution >= 4 is 40.3 Å². The molecule has 134 valence electrons. The number of carbonyl (C=O) groups excluding carboxylic acids is 1. The van der Waals surface area contributed by atoms with E-state index in [9.17, 15) is 4.79 Å². The first-order chi connectivity index (χ1) is 12.6. The minimum absolute atomic E-state index is 0.144. The maximum absolute atomic E-state index is 11.8. The highest BCUT2D eigenvalue weighted by Gasteiger charge is 2.21. The van der Waals surface area contributed by atoms with Gasteiger partial charge in [-0.1, -0.05) is 73.7 Å². The van der Waals surface area contributed by atoms with Crippen LogP contribution in [0.2, 0.25) is 0 Å². The first-order valence-electron chi connectivity index (χ1n) is 8.69. The third kappa shape index (κ3) is 5.19. The lowest BCUT2D eigenvalue weighted by Gasteiger charge is -2.08. The maximum atomic E-state index is 11.8. The number of thiocarbonyl (C=S) groups is 1. The van der Waals surface area contributed by atoms with Crippen molar-refractivity contribution in [2.75, 3.05) is 0 Å². The van der Waals surface area contributed by atoms with Crippen molar-refractivity contribution in [2.24, 2.45) is 0 Å². The van der Waals surface area contributed by atoms with E-state index >= 15 is 0 Å². The van der Waals surface area contributed by atoms with Crippen molar-refractivity contribution in [1.82, 2.24) is 5.32 Å². The number of carbonyl (C=O) groups is 1. The van der Waals surface area contributed by atoms with Crippen LogP contribution in [0.5, 0.6) is 5.75 Å². The number of amides is 1. The van der Waals surface area contributed by atoms with Crippen LogP contribution in [0.25, 0.3) is 6.08 Å². The zero-order valence-corrected chi connectivity index (χ0v) is 16.3. The Morgan fingerprint density at radius 1 is 1.15 bits per heavy atom. The number of hydrogen-bond acceptors (Lipinski definition) is 4. The first-order valence-corrected chi connectivity index (χ1v) is 9.92. The number of thioether (sulfide) groups is 1. The van der Waals surface area contributed by atoms with Gasteiger partial charge in [0.15, 0.2) is 0 Å². The molecule has 0 unspecified atom stereocenters. The van der Waals surface area contributed by atoms with Crippen molar-refractivity contribution in [3.8, 4) is 5.75 Å². The van der Waals surface area contributed by atoms with Crippen LogP contribution in [0.3, 0.4) is 0 Å². The van der Waals surface area contributed by atoms with Gasteiger partial charge in [-0.3, -0.25) is 4.79 Å². The Hall–Kier alpha value is -2.11. The zero-order chi connectivity index (χ0) is 18.4. The second-order valence-corrected chi connectivity index (χ2v) is 7.85. The van der Waals surface area contributed by atoms with Gasteiger partial charge in [-0.15, -0.1) is 0 Å². The SMILES string of the molecule is CCCCc1ccc(COc2cccc(C=C3SC(=S)NC3=O)c2)cc1. The fraction of sp³-hybridized carbons (Fsp3) is 0.238. The smallest absolute Gasteiger partial charge is 0.263 e. The zero-order valence-electron chi connectivity index (χ0n) is 14.7. The minimum atomic E-state index is -0.144. The molecule has 0 radical (unpaired) electrons. The molecule has 1 aliphatic rings. The lowest BCUT2D eigenvalue weighted by atomic mass is 10.1. The fourth-order valence-corrected chi connectivity index (χ4v) is 3.66. The monoisotopic (exact) mass is 383 g/mol. The van der Waals surface area contributed by atoms with Crippen molar-refractivity contribution in [2.45, 2.75) is 32.8 Å². The van der Waals surface area contributed by atoms with Gasteiger partial charge in [0.1, 0.15) is 16.7 Å². The largest absolute Gasteiger partial charge is 0.489 e. The highest BCUT2D eigenvalue weighted by molar-refractivity contribution is 8.26. The third-order valence-electron chi connectivity index (χ3n) is 4.05. The molecule has 0 bridgehead atoms. The van der Waals surface area contributed by atoms with Gasteiger partial charge in [-0.05, 0) is 47.7 Å². The molecule has 3 nitrogen and oxygen atoms in total. The quantitative estimate of drug-likeness (QED) is 0.533. The van der Waals surface area contributed by atoms with E-state index in [1.165, 1.54) is 30.2 Å². The van der Waals surface area contributed by atoms with Crippen LogP contribution in [-0.2, 0) is 17.8 Å². The normalized spacial score (nSPS) is 15.3. The number of benzene rings is 2. The van der Waals surface area contributed by atoms with Crippen LogP contribution >= 0.6 is 24.0 Å². The van der Waals surface area contributed by atoms with Crippen molar-refractivity contribution in [1.29, 1.82) is 0 Å². The summed E-state index contributed by atoms with van der Waals surface area (Å²) < 4.78 is 6.40. The number of rotatable bonds is 7. The average Bonchev–Trinajstić information content (AvgIpc) is 2.96. The van der Waals surface area contributed by atoms with E-state index < -0.39 is 0 Å². The number of ether oxygens (including phenoxy) is 1. The Balaban J connectivity index is 1.61. The molecule has 1 heterocycles. The van der Waals surface area contributed by atoms with E-state index in [1.54, 1.807) is 0 Å². The second kappa shape index (κ2) is 9.01. The summed E-state index contributed by atoms with van der Waals surface area (Å²) in [6.07, 6.45) is 5.39. The molecule has 0 spiro atoms. The van der Waals surface area contributed by atoms with E-state index in [2.05, 4.69) is 36.5 Å². The lowest BCUT2D eigenvalue weighted by molar-refractivity contribution is -0.115. The van der Waals surface area contributed by atoms with Gasteiger partial charge in [0, 0.05) is 0 Å². The summed E-state index contributed by atoms with van der Waals surface area (Å²) in [6.45, 7) is 2.73. The summed E-state index contributed by atoms with van der Waals surface area (Å²) in [7, 11) is 0. The molecule has 1 amide bonds. The van der Waals surface area contributed by atoms with E-state index in [-0.39, 0.29) is 5.91 Å². The summed E-state index contributed by atoms with van der Waals surface area (Å²) >= 11 is 6.29. The summed E-state index contributed by atoms with van der Waals surface area (Å²) in [5.74, 6) is 0.634. The Morgan fingerprint density at radius 3 is 2.62 bits per heavy atom. The second-order valence-electron chi connectivity index (χ2n) is 6.13. The van der Waals surface area contributed by atoms with Crippen molar-refractivity contribution in [3.63, 3.8) is 0 Å². The summed E-state index contributed by atoms with van der Waals surface area (Å²) in [5, 5.41) is 2.62. The van der Waals surface area contributed by atoms with Crippen LogP contribution < -0.4 is 10.1 Å². The molecule has 0 aromatic heterocycles. The molecule has 1 N–H and O–H groups in total. The fourth-order valence-electron chi connectivity index (χ4n) is 2.62. The van der Waals surface area contributed by atoms with E-state index in [0.29, 0.717) is 15.8 Å². The van der Waals surface area contributed by atoms with Crippen LogP contribution in [0.4, 0.5) is 0 Å². The molecule has 2 aromatic carbocycles. The van der Waals surface area contributed by atoms with E-state index in [4.69, 9.17) is 17.0 Å². The molecular weight excluding hydrogens is 362 g/mol. The average molecular weight is 384 g/mol. The predicted molar refractivity (Wildman–Crippen MR) is 112 cm³/mol. The molecule has 26 heavy (non-hydrogen) atoms. The van der Waals surface area contributed by atoms with E-state index in [0.717, 1.165) is 23.3 Å². The van der Waals surface area contributed by atoms with E-state index in [1.807, 2.05) is 30.3 Å². The summed E-state index contributed by atoms with van der Waals surface area (Å²) in [5.41, 5.74) is 3.43. The van der Waals surface area contributed by atoms with Crippen molar-refractivity contribution < 1.29 is 9.53 Å². The molecule has 5 heteroatoms. The summed E-state index contributed by atoms with van der Waals surface area (Å²) in [6, 6.07) is 16.3. The molecule has 0 atom stereocenters. The Kier molecular flexibility index (Phi) is 6.47. The molecule has 1 saturated heterocycles. The van der Waals surface area contributed by atoms with Gasteiger partial charge in [-0.2, -0.15) is 0 Å². The molecule has 1 fully saturated rings. The van der Waals surface area contributed by atoms with Gasteiger partial charge in [0.25, 0.3) is 5.91 Å². The Labute approximate surface area is 163 Å². The Morgan fingerprint density at radius 2 is 1.92 bits per heavy atom. The van der Waals surface area contributed by atoms with Gasteiger partial charge in [-0.25, -0.2) is 0 Å². The number of aryl methyl sites for hydroxylation is 1. The maximum Gasteiger partial charge on any atom is 0.263 e. The Bertz CT molecular complexity index is 828. The topological polar surface area (TPSA) is 38.3 Å². The predicted octanol–water partition coefficient (Wildman–Crippen LogP) is 5.10. The molecular formula is C21H21NO2S2. The number of unbranched alkanes of at least 4 members (excludes halogenated alkanes) is 1. The summed E-state index contributed by atoms with van der Waals surface area (Å²) in [4.78, 5) is 12.4. The molecule has 3 rings (SSSR count). The van der Waals surface area contributed by atoms with Gasteiger partial charge in [0.05, 0.1) is 4.91 Å². The van der Waals surface area contributed by atoms with Gasteiger partial charge < -0.3 is 10.1 Å². The van der Waals surface area contributed by atoms with Crippen LogP contribution in [0.1, 0.15) is 36.5 Å². The lowest BCUT2D eigenvalue weighted by Crippen LogP contribution is -2.17. The van der Waals surface area contributed by atoms with Crippen LogP contribution in [0.15, 0.2) is 53.4 Å². The van der Waals surface area contributed by atoms with Crippen molar-refractivity contribution in [3.05, 3.63) is 70.1 Å². The molecule has 0 aliphatic carbocycles. The van der Waals surface area contributed by atoms with Crippen LogP contribution in [0, 0.1) is 0 Å². The van der Waals surface area contributed by atoms with Gasteiger partial charge in [0.2, 0.25) is 0 Å². The molecule has 1 aliphatic heterocycles. The van der Waals surface area contributed by atoms with Crippen LogP contribution in [-0.4, -0.2) is 10.2 Å². The molecule has 2 aromatic rings. The number of hydrogen-bond donors (Lipinski definition) is 1. The standard InChI is InChI=1S/C21H21NO2S2/c1-2-3-5-15-8-10-16(11-9-15)14-24-18-7-4-6-17(12-18)13-19-20(23)22-21(25)26-19/h4,6-13H,2-3,5,14H2,1H3,(H,22,23,25). The highest BCUT2D eigenvalue weighted by atomic mass is 32.2. The third-order valence-corrected chi connectivity index (χ3v) is 5.21.